The number of amides is 1. The molecule has 2 aromatic heterocycles. The summed E-state index contributed by atoms with van der Waals surface area (Å²) >= 11 is 9.43. The number of carbonyl (C=O) groups is 1. The summed E-state index contributed by atoms with van der Waals surface area (Å²) in [6.07, 6.45) is 3.42. The number of nitrogens with two attached hydrogens (primary N) is 1. The number of carbonyl (C=O) groups excluding carboxylic acids is 1. The van der Waals surface area contributed by atoms with E-state index in [1.807, 2.05) is 12.1 Å². The van der Waals surface area contributed by atoms with Crippen molar-refractivity contribution in [2.75, 3.05) is 24.6 Å². The van der Waals surface area contributed by atoms with E-state index in [4.69, 9.17) is 17.3 Å². The molecule has 9 nitrogen and oxygen atoms in total. The summed E-state index contributed by atoms with van der Waals surface area (Å²) in [6, 6.07) is 6.97. The van der Waals surface area contributed by atoms with Gasteiger partial charge in [0.05, 0.1) is 11.4 Å². The highest BCUT2D eigenvalue weighted by Gasteiger charge is 2.34. The van der Waals surface area contributed by atoms with Gasteiger partial charge in [-0.05, 0) is 52.9 Å². The Labute approximate surface area is 198 Å². The van der Waals surface area contributed by atoms with Crippen LogP contribution in [0, 0.1) is 0 Å². The topological polar surface area (TPSA) is 133 Å². The summed E-state index contributed by atoms with van der Waals surface area (Å²) < 4.78 is 0.740. The molecule has 3 heterocycles. The lowest BCUT2D eigenvalue weighted by molar-refractivity contribution is -0.123. The zero-order chi connectivity index (χ0) is 22.7. The van der Waals surface area contributed by atoms with Crippen molar-refractivity contribution in [1.82, 2.24) is 25.5 Å². The van der Waals surface area contributed by atoms with Crippen LogP contribution in [-0.2, 0) is 4.79 Å². The molecule has 1 amide bonds. The predicted octanol–water partition coefficient (Wildman–Crippen LogP) is 2.70. The molecule has 1 atom stereocenters. The fourth-order valence-corrected chi connectivity index (χ4v) is 4.67. The Bertz CT molecular complexity index is 1080. The minimum absolute atomic E-state index is 0.0344. The first kappa shape index (κ1) is 22.9. The fraction of sp³-hybridized carbons (Fsp3) is 0.429. The number of aliphatic hydroxyl groups is 1. The lowest BCUT2D eigenvalue weighted by atomic mass is 9.85. The lowest BCUT2D eigenvalue weighted by Crippen LogP contribution is -2.53. The van der Waals surface area contributed by atoms with Crippen molar-refractivity contribution in [3.63, 3.8) is 0 Å². The van der Waals surface area contributed by atoms with Gasteiger partial charge in [0.2, 0.25) is 5.91 Å². The minimum Gasteiger partial charge on any atom is -0.396 e. The van der Waals surface area contributed by atoms with Crippen LogP contribution in [0.5, 0.6) is 0 Å². The molecule has 32 heavy (non-hydrogen) atoms. The second-order valence-corrected chi connectivity index (χ2v) is 9.37. The number of aromatic nitrogens is 4. The first-order valence-corrected chi connectivity index (χ1v) is 11.6. The Balaban J connectivity index is 1.39. The van der Waals surface area contributed by atoms with Crippen LogP contribution in [0.25, 0.3) is 11.0 Å². The molecule has 0 aliphatic carbocycles. The van der Waals surface area contributed by atoms with Crippen molar-refractivity contribution in [2.45, 2.75) is 37.3 Å². The highest BCUT2D eigenvalue weighted by molar-refractivity contribution is 9.10. The number of H-pyrrole nitrogens is 1. The molecule has 0 unspecified atom stereocenters. The maximum Gasteiger partial charge on any atom is 0.222 e. The first-order chi connectivity index (χ1) is 15.4. The van der Waals surface area contributed by atoms with Gasteiger partial charge in [0.15, 0.2) is 5.65 Å². The van der Waals surface area contributed by atoms with Crippen LogP contribution >= 0.6 is 27.5 Å². The summed E-state index contributed by atoms with van der Waals surface area (Å²) in [6.45, 7) is 1.31. The van der Waals surface area contributed by atoms with E-state index in [2.05, 4.69) is 46.3 Å². The average Bonchev–Trinajstić information content (AvgIpc) is 3.15. The largest absolute Gasteiger partial charge is 0.396 e. The van der Waals surface area contributed by atoms with E-state index in [1.54, 1.807) is 12.1 Å². The van der Waals surface area contributed by atoms with E-state index in [0.29, 0.717) is 43.0 Å². The summed E-state index contributed by atoms with van der Waals surface area (Å²) in [5.74, 6) is 0.671. The van der Waals surface area contributed by atoms with Gasteiger partial charge in [-0.3, -0.25) is 9.89 Å². The van der Waals surface area contributed by atoms with E-state index in [9.17, 15) is 9.90 Å². The predicted molar refractivity (Wildman–Crippen MR) is 126 cm³/mol. The van der Waals surface area contributed by atoms with Gasteiger partial charge in [0.1, 0.15) is 16.7 Å². The number of aromatic amines is 1. The average molecular weight is 523 g/mol. The minimum atomic E-state index is -0.607. The maximum atomic E-state index is 12.8. The Kier molecular flexibility index (Phi) is 6.94. The zero-order valence-electron chi connectivity index (χ0n) is 17.4. The zero-order valence-corrected chi connectivity index (χ0v) is 19.7. The second kappa shape index (κ2) is 9.70. The molecule has 11 heteroatoms. The molecular weight excluding hydrogens is 498 g/mol. The van der Waals surface area contributed by atoms with Gasteiger partial charge in [-0.1, -0.05) is 23.7 Å². The second-order valence-electron chi connectivity index (χ2n) is 8.14. The van der Waals surface area contributed by atoms with Crippen molar-refractivity contribution in [2.24, 2.45) is 5.73 Å². The molecule has 3 aromatic rings. The maximum absolute atomic E-state index is 12.8. The smallest absolute Gasteiger partial charge is 0.222 e. The molecule has 1 aliphatic heterocycles. The lowest BCUT2D eigenvalue weighted by Gasteiger charge is -2.39. The Hall–Kier alpha value is -2.27. The number of aliphatic hydroxyl groups excluding tert-OH is 1. The van der Waals surface area contributed by atoms with Gasteiger partial charge in [-0.2, -0.15) is 5.10 Å². The number of anilines is 1. The van der Waals surface area contributed by atoms with E-state index in [-0.39, 0.29) is 25.0 Å². The third-order valence-electron chi connectivity index (χ3n) is 5.88. The van der Waals surface area contributed by atoms with Crippen LogP contribution in [0.1, 0.15) is 37.3 Å². The number of rotatable bonds is 7. The Morgan fingerprint density at radius 1 is 1.31 bits per heavy atom. The molecule has 4 rings (SSSR count). The summed E-state index contributed by atoms with van der Waals surface area (Å²) in [5, 5.41) is 21.0. The Morgan fingerprint density at radius 3 is 2.72 bits per heavy atom. The van der Waals surface area contributed by atoms with Gasteiger partial charge < -0.3 is 21.1 Å². The van der Waals surface area contributed by atoms with Crippen molar-refractivity contribution in [3.05, 3.63) is 45.8 Å². The number of benzene rings is 1. The van der Waals surface area contributed by atoms with Crippen molar-refractivity contribution >= 4 is 50.3 Å². The quantitative estimate of drug-likeness (QED) is 0.375. The normalized spacial score (nSPS) is 16.8. The molecule has 0 bridgehead atoms. The third-order valence-corrected chi connectivity index (χ3v) is 6.71. The third kappa shape index (κ3) is 5.03. The van der Waals surface area contributed by atoms with Gasteiger partial charge in [-0.15, -0.1) is 0 Å². The van der Waals surface area contributed by atoms with Gasteiger partial charge in [-0.25, -0.2) is 9.97 Å². The summed E-state index contributed by atoms with van der Waals surface area (Å²) in [4.78, 5) is 23.6. The van der Waals surface area contributed by atoms with Crippen LogP contribution in [0.15, 0.2) is 35.2 Å². The van der Waals surface area contributed by atoms with Gasteiger partial charge >= 0.3 is 0 Å². The number of hydrogen-bond acceptors (Lipinski definition) is 7. The monoisotopic (exact) mass is 521 g/mol. The SMILES string of the molecule is NC1(CC(=O)N[C@@H](CCO)c2ccc(Cl)cc2)CCN(c2ncnc3n[nH]c(Br)c23)CC1. The van der Waals surface area contributed by atoms with Crippen LogP contribution in [0.3, 0.4) is 0 Å². The molecule has 1 aliphatic rings. The number of nitrogens with one attached hydrogen (secondary N) is 2. The molecule has 0 spiro atoms. The van der Waals surface area contributed by atoms with E-state index >= 15 is 0 Å². The van der Waals surface area contributed by atoms with Crippen LogP contribution in [0.2, 0.25) is 5.02 Å². The summed E-state index contributed by atoms with van der Waals surface area (Å²) in [5.41, 5.74) is 7.51. The van der Waals surface area contributed by atoms with E-state index < -0.39 is 5.54 Å². The standard InChI is InChI=1S/C21H25BrClN7O2/c22-18-17-19(29-28-18)25-12-26-20(17)30-8-6-21(24,7-9-30)11-16(32)27-15(5-10-31)13-1-3-14(23)4-2-13/h1-4,12,15,31H,5-11,24H2,(H,27,32)(H,25,26,28,29)/t15-/m0/s1. The first-order valence-electron chi connectivity index (χ1n) is 10.4. The number of piperidine rings is 1. The van der Waals surface area contributed by atoms with Crippen LogP contribution in [0.4, 0.5) is 5.82 Å². The Morgan fingerprint density at radius 2 is 2.03 bits per heavy atom. The molecule has 5 N–H and O–H groups in total. The van der Waals surface area contributed by atoms with Crippen molar-refractivity contribution in [1.29, 1.82) is 0 Å². The van der Waals surface area contributed by atoms with Gasteiger partial charge in [0.25, 0.3) is 0 Å². The highest BCUT2D eigenvalue weighted by atomic mass is 79.9. The van der Waals surface area contributed by atoms with E-state index in [1.165, 1.54) is 6.33 Å². The fourth-order valence-electron chi connectivity index (χ4n) is 4.10. The number of nitrogens with zero attached hydrogens (tertiary/aromatic N) is 4. The molecule has 1 fully saturated rings. The molecule has 0 radical (unpaired) electrons. The molecule has 0 saturated carbocycles. The molecule has 1 aromatic carbocycles. The van der Waals surface area contributed by atoms with Crippen molar-refractivity contribution in [3.8, 4) is 0 Å². The van der Waals surface area contributed by atoms with Crippen LogP contribution in [-0.4, -0.2) is 56.4 Å². The highest BCUT2D eigenvalue weighted by Crippen LogP contribution is 2.32. The summed E-state index contributed by atoms with van der Waals surface area (Å²) in [7, 11) is 0. The number of fused-ring (bicyclic) bond motifs is 1. The van der Waals surface area contributed by atoms with Crippen LogP contribution < -0.4 is 16.0 Å². The van der Waals surface area contributed by atoms with Gasteiger partial charge in [0, 0.05) is 36.7 Å². The number of halogens is 2. The molecular formula is C21H25BrClN7O2. The molecule has 170 valence electrons. The molecule has 1 saturated heterocycles. The van der Waals surface area contributed by atoms with E-state index in [0.717, 1.165) is 21.4 Å². The van der Waals surface area contributed by atoms with Crippen molar-refractivity contribution < 1.29 is 9.90 Å². The number of hydrogen-bond donors (Lipinski definition) is 4.